The van der Waals surface area contributed by atoms with Crippen molar-refractivity contribution < 1.29 is 27.9 Å². The second kappa shape index (κ2) is 6.99. The number of hydrogen-bond donors (Lipinski definition) is 2. The van der Waals surface area contributed by atoms with Crippen molar-refractivity contribution in [2.24, 2.45) is 0 Å². The van der Waals surface area contributed by atoms with Gasteiger partial charge in [-0.2, -0.15) is 0 Å². The van der Waals surface area contributed by atoms with Gasteiger partial charge in [0.1, 0.15) is 11.4 Å². The summed E-state index contributed by atoms with van der Waals surface area (Å²) in [4.78, 5) is 24.4. The second-order valence-corrected chi connectivity index (χ2v) is 5.47. The van der Waals surface area contributed by atoms with Crippen molar-refractivity contribution in [2.45, 2.75) is 31.8 Å². The Morgan fingerprint density at radius 2 is 1.87 bits per heavy atom. The van der Waals surface area contributed by atoms with Gasteiger partial charge in [0.25, 0.3) is 5.91 Å². The lowest BCUT2D eigenvalue weighted by atomic mass is 9.85. The van der Waals surface area contributed by atoms with E-state index in [1.165, 1.54) is 0 Å². The summed E-state index contributed by atoms with van der Waals surface area (Å²) in [5.41, 5.74) is -0.939. The van der Waals surface area contributed by atoms with Gasteiger partial charge in [-0.25, -0.2) is 13.2 Å². The van der Waals surface area contributed by atoms with Crippen LogP contribution in [0.3, 0.4) is 0 Å². The fraction of sp³-hybridized carbons (Fsp3) is 0.467. The van der Waals surface area contributed by atoms with E-state index in [1.54, 1.807) is 4.90 Å². The molecule has 1 saturated carbocycles. The van der Waals surface area contributed by atoms with Crippen molar-refractivity contribution in [1.82, 2.24) is 10.2 Å². The largest absolute Gasteiger partial charge is 0.480 e. The molecule has 5 nitrogen and oxygen atoms in total. The summed E-state index contributed by atoms with van der Waals surface area (Å²) in [6.07, 6.45) is 0.955. The van der Waals surface area contributed by atoms with E-state index in [-0.39, 0.29) is 18.6 Å². The monoisotopic (exact) mass is 330 g/mol. The van der Waals surface area contributed by atoms with Crippen LogP contribution in [0.2, 0.25) is 0 Å². The summed E-state index contributed by atoms with van der Waals surface area (Å²) in [5, 5.41) is 11.2. The van der Waals surface area contributed by atoms with Gasteiger partial charge in [-0.05, 0) is 31.5 Å². The number of benzene rings is 1. The van der Waals surface area contributed by atoms with Crippen LogP contribution in [0, 0.1) is 17.5 Å². The van der Waals surface area contributed by atoms with Crippen molar-refractivity contribution in [3.05, 3.63) is 35.1 Å². The molecule has 2 N–H and O–H groups in total. The molecule has 0 aromatic heterocycles. The summed E-state index contributed by atoms with van der Waals surface area (Å²) in [7, 11) is 0. The SMILES string of the molecule is CCN(CC(=O)O)C1CC(NC(=O)c2c(F)ccc(F)c2F)C1. The number of carbonyl (C=O) groups is 2. The van der Waals surface area contributed by atoms with Crippen molar-refractivity contribution in [1.29, 1.82) is 0 Å². The van der Waals surface area contributed by atoms with Crippen LogP contribution in [0.1, 0.15) is 30.1 Å². The minimum Gasteiger partial charge on any atom is -0.480 e. The fourth-order valence-corrected chi connectivity index (χ4v) is 2.67. The Morgan fingerprint density at radius 1 is 1.26 bits per heavy atom. The van der Waals surface area contributed by atoms with Gasteiger partial charge < -0.3 is 10.4 Å². The van der Waals surface area contributed by atoms with Crippen molar-refractivity contribution in [3.63, 3.8) is 0 Å². The third kappa shape index (κ3) is 3.82. The Balaban J connectivity index is 1.94. The predicted octanol–water partition coefficient (Wildman–Crippen LogP) is 1.77. The van der Waals surface area contributed by atoms with Crippen LogP contribution in [0.15, 0.2) is 12.1 Å². The highest BCUT2D eigenvalue weighted by Crippen LogP contribution is 2.26. The normalized spacial score (nSPS) is 20.2. The molecule has 0 heterocycles. The maximum absolute atomic E-state index is 13.5. The molecule has 0 unspecified atom stereocenters. The topological polar surface area (TPSA) is 69.6 Å². The van der Waals surface area contributed by atoms with Gasteiger partial charge in [-0.3, -0.25) is 14.5 Å². The van der Waals surface area contributed by atoms with Gasteiger partial charge in [0, 0.05) is 12.1 Å². The molecular weight excluding hydrogens is 313 g/mol. The third-order valence-electron chi connectivity index (χ3n) is 3.98. The first-order valence-corrected chi connectivity index (χ1v) is 7.23. The zero-order chi connectivity index (χ0) is 17.1. The summed E-state index contributed by atoms with van der Waals surface area (Å²) in [5.74, 6) is -5.88. The summed E-state index contributed by atoms with van der Waals surface area (Å²) >= 11 is 0. The van der Waals surface area contributed by atoms with E-state index in [2.05, 4.69) is 5.32 Å². The van der Waals surface area contributed by atoms with E-state index >= 15 is 0 Å². The Bertz CT molecular complexity index is 618. The first-order chi connectivity index (χ1) is 10.8. The molecule has 1 aliphatic rings. The van der Waals surface area contributed by atoms with Gasteiger partial charge in [-0.15, -0.1) is 0 Å². The average Bonchev–Trinajstić information content (AvgIpc) is 2.44. The molecule has 0 spiro atoms. The molecule has 23 heavy (non-hydrogen) atoms. The number of halogens is 3. The van der Waals surface area contributed by atoms with Crippen LogP contribution in [-0.2, 0) is 4.79 Å². The van der Waals surface area contributed by atoms with Gasteiger partial charge >= 0.3 is 5.97 Å². The Hall–Kier alpha value is -2.09. The minimum absolute atomic E-state index is 0.0106. The molecule has 0 bridgehead atoms. The van der Waals surface area contributed by atoms with Crippen LogP contribution in [0.4, 0.5) is 13.2 Å². The molecule has 8 heteroatoms. The average molecular weight is 330 g/mol. The Kier molecular flexibility index (Phi) is 5.25. The number of aliphatic carboxylic acids is 1. The van der Waals surface area contributed by atoms with Crippen LogP contribution in [0.5, 0.6) is 0 Å². The van der Waals surface area contributed by atoms with E-state index in [0.29, 0.717) is 31.5 Å². The number of nitrogens with one attached hydrogen (secondary N) is 1. The Labute approximate surface area is 131 Å². The van der Waals surface area contributed by atoms with Crippen LogP contribution < -0.4 is 5.32 Å². The summed E-state index contributed by atoms with van der Waals surface area (Å²) in [6.45, 7) is 2.27. The van der Waals surface area contributed by atoms with E-state index < -0.39 is 34.9 Å². The standard InChI is InChI=1S/C15H17F3N2O3/c1-2-20(7-12(21)22)9-5-8(6-9)19-15(23)13-10(16)3-4-11(17)14(13)18/h3-4,8-9H,2,5-7H2,1H3,(H,19,23)(H,21,22). The molecule has 0 aliphatic heterocycles. The number of carboxylic acid groups (broad SMARTS) is 1. The molecule has 0 radical (unpaired) electrons. The Morgan fingerprint density at radius 3 is 2.43 bits per heavy atom. The van der Waals surface area contributed by atoms with E-state index in [0.717, 1.165) is 0 Å². The number of amides is 1. The molecule has 0 atom stereocenters. The number of nitrogens with zero attached hydrogens (tertiary/aromatic N) is 1. The van der Waals surface area contributed by atoms with Crippen LogP contribution >= 0.6 is 0 Å². The highest BCUT2D eigenvalue weighted by Gasteiger charge is 2.35. The molecule has 1 aromatic rings. The third-order valence-corrected chi connectivity index (χ3v) is 3.98. The van der Waals surface area contributed by atoms with Crippen molar-refractivity contribution in [2.75, 3.05) is 13.1 Å². The molecule has 1 amide bonds. The predicted molar refractivity (Wildman–Crippen MR) is 75.5 cm³/mol. The van der Waals surface area contributed by atoms with Gasteiger partial charge in [-0.1, -0.05) is 6.92 Å². The molecular formula is C15H17F3N2O3. The van der Waals surface area contributed by atoms with E-state index in [4.69, 9.17) is 5.11 Å². The zero-order valence-electron chi connectivity index (χ0n) is 12.5. The van der Waals surface area contributed by atoms with Crippen LogP contribution in [0.25, 0.3) is 0 Å². The lowest BCUT2D eigenvalue weighted by Gasteiger charge is -2.42. The van der Waals surface area contributed by atoms with E-state index in [9.17, 15) is 22.8 Å². The fourth-order valence-electron chi connectivity index (χ4n) is 2.67. The molecule has 1 aliphatic carbocycles. The maximum atomic E-state index is 13.5. The molecule has 1 fully saturated rings. The number of rotatable bonds is 6. The van der Waals surface area contributed by atoms with Gasteiger partial charge in [0.2, 0.25) is 0 Å². The lowest BCUT2D eigenvalue weighted by molar-refractivity contribution is -0.139. The minimum atomic E-state index is -1.51. The highest BCUT2D eigenvalue weighted by atomic mass is 19.2. The lowest BCUT2D eigenvalue weighted by Crippen LogP contribution is -2.55. The van der Waals surface area contributed by atoms with Gasteiger partial charge in [0.05, 0.1) is 6.54 Å². The quantitative estimate of drug-likeness (QED) is 0.780. The van der Waals surface area contributed by atoms with Crippen molar-refractivity contribution >= 4 is 11.9 Å². The number of carbonyl (C=O) groups excluding carboxylic acids is 1. The molecule has 126 valence electrons. The molecule has 2 rings (SSSR count). The smallest absolute Gasteiger partial charge is 0.317 e. The first-order valence-electron chi connectivity index (χ1n) is 7.23. The highest BCUT2D eigenvalue weighted by molar-refractivity contribution is 5.95. The summed E-state index contributed by atoms with van der Waals surface area (Å²) in [6, 6.07) is 0.982. The maximum Gasteiger partial charge on any atom is 0.317 e. The van der Waals surface area contributed by atoms with Crippen LogP contribution in [-0.4, -0.2) is 47.1 Å². The second-order valence-electron chi connectivity index (χ2n) is 5.47. The van der Waals surface area contributed by atoms with Gasteiger partial charge in [0.15, 0.2) is 11.6 Å². The van der Waals surface area contributed by atoms with Crippen molar-refractivity contribution in [3.8, 4) is 0 Å². The number of hydrogen-bond acceptors (Lipinski definition) is 3. The molecule has 0 saturated heterocycles. The summed E-state index contributed by atoms with van der Waals surface area (Å²) < 4.78 is 40.2. The van der Waals surface area contributed by atoms with E-state index in [1.807, 2.05) is 6.92 Å². The number of carboxylic acids is 1. The first kappa shape index (κ1) is 17.3. The zero-order valence-corrected chi connectivity index (χ0v) is 12.5. The number of likely N-dealkylation sites (N-methyl/N-ethyl adjacent to an activating group) is 1. The molecule has 1 aromatic carbocycles.